The maximum atomic E-state index is 14.6. The third-order valence-corrected chi connectivity index (χ3v) is 7.17. The lowest BCUT2D eigenvalue weighted by Gasteiger charge is -2.30. The molecule has 0 radical (unpaired) electrons. The highest BCUT2D eigenvalue weighted by molar-refractivity contribution is 7.89. The van der Waals surface area contributed by atoms with Crippen LogP contribution in [0.4, 0.5) is 4.39 Å². The zero-order valence-electron chi connectivity index (χ0n) is 15.3. The lowest BCUT2D eigenvalue weighted by molar-refractivity contribution is 0.0788. The Morgan fingerprint density at radius 2 is 1.96 bits per heavy atom. The molecular weight excluding hydrogens is 387 g/mol. The van der Waals surface area contributed by atoms with Crippen molar-refractivity contribution in [2.45, 2.75) is 36.5 Å². The molecule has 2 aliphatic heterocycles. The topological polar surface area (TPSA) is 96.6 Å². The van der Waals surface area contributed by atoms with E-state index in [1.54, 1.807) is 4.90 Å². The molecule has 0 N–H and O–H groups in total. The maximum absolute atomic E-state index is 14.6. The Kier molecular flexibility index (Phi) is 5.15. The highest BCUT2D eigenvalue weighted by atomic mass is 32.2. The number of piperidine rings is 1. The first-order chi connectivity index (χ1) is 13.5. The summed E-state index contributed by atoms with van der Waals surface area (Å²) < 4.78 is 46.9. The second-order valence-electron chi connectivity index (χ2n) is 7.12. The van der Waals surface area contributed by atoms with Gasteiger partial charge in [0.25, 0.3) is 5.91 Å². The van der Waals surface area contributed by atoms with E-state index in [4.69, 9.17) is 4.52 Å². The van der Waals surface area contributed by atoms with Crippen LogP contribution in [-0.2, 0) is 10.0 Å². The van der Waals surface area contributed by atoms with Gasteiger partial charge in [0.2, 0.25) is 15.9 Å². The highest BCUT2D eigenvalue weighted by Gasteiger charge is 2.34. The molecule has 10 heteroatoms. The first-order valence-electron chi connectivity index (χ1n) is 9.32. The normalized spacial score (nSPS) is 21.2. The van der Waals surface area contributed by atoms with Crippen LogP contribution in [0, 0.1) is 5.82 Å². The van der Waals surface area contributed by atoms with Gasteiger partial charge in [-0.3, -0.25) is 4.79 Å². The molecule has 2 aromatic rings. The molecule has 150 valence electrons. The second-order valence-corrected chi connectivity index (χ2v) is 9.06. The summed E-state index contributed by atoms with van der Waals surface area (Å²) in [6, 6.07) is 3.51. The zero-order valence-corrected chi connectivity index (χ0v) is 16.1. The molecule has 1 atom stereocenters. The fourth-order valence-electron chi connectivity index (χ4n) is 3.79. The molecule has 0 bridgehead atoms. The number of likely N-dealkylation sites (tertiary alicyclic amines) is 1. The SMILES string of the molecule is O=C(c1ccc(S(=O)(=O)N2CCC[C@H](c3ncno3)C2)cc1F)N1CCCC1. The number of hydrogen-bond donors (Lipinski definition) is 0. The Morgan fingerprint density at radius 1 is 1.18 bits per heavy atom. The van der Waals surface area contributed by atoms with Gasteiger partial charge in [0.05, 0.1) is 16.4 Å². The highest BCUT2D eigenvalue weighted by Crippen LogP contribution is 2.30. The van der Waals surface area contributed by atoms with Gasteiger partial charge in [0, 0.05) is 26.2 Å². The summed E-state index contributed by atoms with van der Waals surface area (Å²) in [4.78, 5) is 17.8. The van der Waals surface area contributed by atoms with Gasteiger partial charge in [0.1, 0.15) is 5.82 Å². The molecule has 3 heterocycles. The predicted octanol–water partition coefficient (Wildman–Crippen LogP) is 2.01. The molecule has 1 aromatic heterocycles. The van der Waals surface area contributed by atoms with Crippen molar-refractivity contribution in [3.8, 4) is 0 Å². The standard InChI is InChI=1S/C18H21FN4O4S/c19-16-10-14(5-6-15(16)18(24)22-7-1-2-8-22)28(25,26)23-9-3-4-13(11-23)17-20-12-21-27-17/h5-6,10,12-13H,1-4,7-9,11H2/t13-/m0/s1. The number of sulfonamides is 1. The molecule has 2 fully saturated rings. The van der Waals surface area contributed by atoms with E-state index in [-0.39, 0.29) is 22.9 Å². The van der Waals surface area contributed by atoms with E-state index < -0.39 is 21.7 Å². The molecule has 8 nitrogen and oxygen atoms in total. The lowest BCUT2D eigenvalue weighted by atomic mass is 10.00. The van der Waals surface area contributed by atoms with Crippen LogP contribution in [0.1, 0.15) is 47.8 Å². The summed E-state index contributed by atoms with van der Waals surface area (Å²) in [5.41, 5.74) is -0.0942. The Hall–Kier alpha value is -2.33. The summed E-state index contributed by atoms with van der Waals surface area (Å²) in [7, 11) is -3.89. The summed E-state index contributed by atoms with van der Waals surface area (Å²) in [5, 5.41) is 3.57. The molecule has 1 amide bonds. The number of nitrogens with zero attached hydrogens (tertiary/aromatic N) is 4. The Balaban J connectivity index is 1.55. The van der Waals surface area contributed by atoms with Crippen LogP contribution in [-0.4, -0.2) is 59.8 Å². The minimum atomic E-state index is -3.89. The van der Waals surface area contributed by atoms with Crippen LogP contribution in [0.2, 0.25) is 0 Å². The van der Waals surface area contributed by atoms with Gasteiger partial charge in [-0.1, -0.05) is 5.16 Å². The minimum Gasteiger partial charge on any atom is -0.339 e. The summed E-state index contributed by atoms with van der Waals surface area (Å²) >= 11 is 0. The average molecular weight is 408 g/mol. The van der Waals surface area contributed by atoms with Crippen molar-refractivity contribution in [3.63, 3.8) is 0 Å². The van der Waals surface area contributed by atoms with E-state index in [2.05, 4.69) is 10.1 Å². The molecule has 4 rings (SSSR count). The van der Waals surface area contributed by atoms with E-state index in [1.807, 2.05) is 0 Å². The van der Waals surface area contributed by atoms with Crippen LogP contribution in [0.5, 0.6) is 0 Å². The Morgan fingerprint density at radius 3 is 2.64 bits per heavy atom. The molecule has 0 aliphatic carbocycles. The van der Waals surface area contributed by atoms with Crippen molar-refractivity contribution < 1.29 is 22.1 Å². The van der Waals surface area contributed by atoms with E-state index in [1.165, 1.54) is 22.8 Å². The van der Waals surface area contributed by atoms with Gasteiger partial charge in [-0.25, -0.2) is 12.8 Å². The summed E-state index contributed by atoms with van der Waals surface area (Å²) in [6.45, 7) is 1.73. The van der Waals surface area contributed by atoms with Gasteiger partial charge < -0.3 is 9.42 Å². The number of carbonyl (C=O) groups is 1. The smallest absolute Gasteiger partial charge is 0.256 e. The molecule has 1 aromatic carbocycles. The molecule has 2 saturated heterocycles. The van der Waals surface area contributed by atoms with Gasteiger partial charge in [0.15, 0.2) is 6.33 Å². The number of hydrogen-bond acceptors (Lipinski definition) is 6. The van der Waals surface area contributed by atoms with E-state index in [9.17, 15) is 17.6 Å². The lowest BCUT2D eigenvalue weighted by Crippen LogP contribution is -2.39. The molecule has 0 saturated carbocycles. The first-order valence-corrected chi connectivity index (χ1v) is 10.8. The number of carbonyl (C=O) groups excluding carboxylic acids is 1. The molecule has 0 spiro atoms. The second kappa shape index (κ2) is 7.59. The molecule has 28 heavy (non-hydrogen) atoms. The zero-order chi connectivity index (χ0) is 19.7. The van der Waals surface area contributed by atoms with Crippen LogP contribution >= 0.6 is 0 Å². The predicted molar refractivity (Wildman–Crippen MR) is 96.6 cm³/mol. The Bertz CT molecular complexity index is 958. The average Bonchev–Trinajstić information content (AvgIpc) is 3.41. The van der Waals surface area contributed by atoms with Crippen LogP contribution in [0.3, 0.4) is 0 Å². The van der Waals surface area contributed by atoms with Crippen LogP contribution < -0.4 is 0 Å². The van der Waals surface area contributed by atoms with Crippen molar-refractivity contribution >= 4 is 15.9 Å². The number of amides is 1. The van der Waals surface area contributed by atoms with E-state index >= 15 is 0 Å². The fraction of sp³-hybridized carbons (Fsp3) is 0.500. The van der Waals surface area contributed by atoms with Crippen molar-refractivity contribution in [2.75, 3.05) is 26.2 Å². The van der Waals surface area contributed by atoms with Gasteiger partial charge in [-0.2, -0.15) is 9.29 Å². The summed E-state index contributed by atoms with van der Waals surface area (Å²) in [5.74, 6) is -0.999. The number of rotatable bonds is 4. The maximum Gasteiger partial charge on any atom is 0.256 e. The van der Waals surface area contributed by atoms with Crippen molar-refractivity contribution in [1.82, 2.24) is 19.3 Å². The third-order valence-electron chi connectivity index (χ3n) is 5.31. The first kappa shape index (κ1) is 19.0. The summed E-state index contributed by atoms with van der Waals surface area (Å²) in [6.07, 6.45) is 4.46. The number of aromatic nitrogens is 2. The van der Waals surface area contributed by atoms with E-state index in [0.29, 0.717) is 31.9 Å². The largest absolute Gasteiger partial charge is 0.339 e. The van der Waals surface area contributed by atoms with E-state index in [0.717, 1.165) is 25.3 Å². The van der Waals surface area contributed by atoms with Gasteiger partial charge in [-0.05, 0) is 43.9 Å². The van der Waals surface area contributed by atoms with Crippen molar-refractivity contribution in [3.05, 3.63) is 41.8 Å². The fourth-order valence-corrected chi connectivity index (χ4v) is 5.33. The van der Waals surface area contributed by atoms with Crippen LogP contribution in [0.15, 0.2) is 33.9 Å². The monoisotopic (exact) mass is 408 g/mol. The number of benzene rings is 1. The quantitative estimate of drug-likeness (QED) is 0.768. The van der Waals surface area contributed by atoms with Gasteiger partial charge >= 0.3 is 0 Å². The van der Waals surface area contributed by atoms with Crippen LogP contribution in [0.25, 0.3) is 0 Å². The molecule has 2 aliphatic rings. The van der Waals surface area contributed by atoms with Gasteiger partial charge in [-0.15, -0.1) is 0 Å². The number of halogens is 1. The third kappa shape index (κ3) is 3.53. The molecule has 0 unspecified atom stereocenters. The van der Waals surface area contributed by atoms with Crippen molar-refractivity contribution in [1.29, 1.82) is 0 Å². The van der Waals surface area contributed by atoms with Crippen molar-refractivity contribution in [2.24, 2.45) is 0 Å². The molecular formula is C18H21FN4O4S. The Labute approximate surface area is 162 Å². The minimum absolute atomic E-state index is 0.0942.